The number of hydrogen-bond acceptors (Lipinski definition) is 10. The molecule has 0 aliphatic heterocycles. The van der Waals surface area contributed by atoms with E-state index in [9.17, 15) is 22.9 Å². The number of fused-ring (bicyclic) bond motifs is 1. The first-order valence-corrected chi connectivity index (χ1v) is 16.3. The van der Waals surface area contributed by atoms with Gasteiger partial charge in [-0.2, -0.15) is 10.2 Å². The molecule has 1 fully saturated rings. The van der Waals surface area contributed by atoms with Crippen LogP contribution in [0.4, 0.5) is 16.2 Å². The van der Waals surface area contributed by atoms with E-state index < -0.39 is 10.0 Å². The van der Waals surface area contributed by atoms with Gasteiger partial charge in [0.2, 0.25) is 5.95 Å². The maximum atomic E-state index is 13.8. The maximum Gasteiger partial charge on any atom is 0.279 e. The van der Waals surface area contributed by atoms with Crippen molar-refractivity contribution >= 4 is 33.0 Å². The Kier molecular flexibility index (Phi) is 9.40. The van der Waals surface area contributed by atoms with Gasteiger partial charge < -0.3 is 10.2 Å². The molecule has 3 heterocycles. The lowest BCUT2D eigenvalue weighted by Crippen LogP contribution is -2.39. The quantitative estimate of drug-likeness (QED) is 0.256. The first-order valence-electron chi connectivity index (χ1n) is 14.8. The molecule has 45 heavy (non-hydrogen) atoms. The van der Waals surface area contributed by atoms with Gasteiger partial charge in [-0.05, 0) is 77.8 Å². The number of aryl methyl sites for hydroxylation is 1. The molecule has 2 N–H and O–H groups in total. The number of alkyl halides is 1. The second kappa shape index (κ2) is 13.3. The van der Waals surface area contributed by atoms with Gasteiger partial charge in [-0.1, -0.05) is 12.1 Å². The first-order chi connectivity index (χ1) is 21.5. The summed E-state index contributed by atoms with van der Waals surface area (Å²) in [4.78, 5) is 33.9. The summed E-state index contributed by atoms with van der Waals surface area (Å²) in [6, 6.07) is 11.1. The fourth-order valence-electron chi connectivity index (χ4n) is 5.74. The number of halogens is 1. The van der Waals surface area contributed by atoms with E-state index in [2.05, 4.69) is 29.9 Å². The van der Waals surface area contributed by atoms with E-state index in [1.807, 2.05) is 27.0 Å². The van der Waals surface area contributed by atoms with E-state index in [1.165, 1.54) is 24.3 Å². The zero-order chi connectivity index (χ0) is 32.3. The number of rotatable bonds is 10. The highest BCUT2D eigenvalue weighted by atomic mass is 32.2. The van der Waals surface area contributed by atoms with E-state index in [-0.39, 0.29) is 46.3 Å². The van der Waals surface area contributed by atoms with Gasteiger partial charge in [0.05, 0.1) is 11.8 Å². The topological polar surface area (TPSA) is 159 Å². The summed E-state index contributed by atoms with van der Waals surface area (Å²) in [5.41, 5.74) is 1.45. The number of anilines is 2. The molecular weight excluding hydrogens is 597 g/mol. The van der Waals surface area contributed by atoms with Crippen molar-refractivity contribution in [1.29, 1.82) is 5.26 Å². The Balaban J connectivity index is 1.41. The molecule has 0 atom stereocenters. The molecule has 1 aliphatic carbocycles. The van der Waals surface area contributed by atoms with Crippen LogP contribution >= 0.6 is 0 Å². The SMILES string of the molecule is Cc1nc(NS(=O)(=O)c2ccccc2C#N)ccc1-c1nc2cnc(NC3CCC(N(C)CCF)CC3)nc2n(C(C)C)c1=O. The molecule has 1 aliphatic rings. The molecule has 236 valence electrons. The van der Waals surface area contributed by atoms with Crippen LogP contribution < -0.4 is 15.6 Å². The number of nitrogens with one attached hydrogen (secondary N) is 2. The minimum absolute atomic E-state index is 0.0129. The number of pyridine rings is 1. The fourth-order valence-corrected chi connectivity index (χ4v) is 6.90. The zero-order valence-electron chi connectivity index (χ0n) is 25.7. The molecule has 1 aromatic carbocycles. The third-order valence-electron chi connectivity index (χ3n) is 8.12. The largest absolute Gasteiger partial charge is 0.351 e. The highest BCUT2D eigenvalue weighted by Crippen LogP contribution is 2.27. The normalized spacial score (nSPS) is 17.0. The van der Waals surface area contributed by atoms with Crippen molar-refractivity contribution in [3.63, 3.8) is 0 Å². The smallest absolute Gasteiger partial charge is 0.279 e. The highest BCUT2D eigenvalue weighted by Gasteiger charge is 2.25. The van der Waals surface area contributed by atoms with Crippen molar-refractivity contribution in [3.8, 4) is 17.3 Å². The maximum absolute atomic E-state index is 13.8. The molecule has 0 spiro atoms. The van der Waals surface area contributed by atoms with Crippen molar-refractivity contribution in [2.45, 2.75) is 69.5 Å². The molecule has 0 amide bonds. The molecular formula is C31H36FN9O3S. The van der Waals surface area contributed by atoms with Gasteiger partial charge in [0, 0.05) is 35.9 Å². The Hall–Kier alpha value is -4.48. The lowest BCUT2D eigenvalue weighted by molar-refractivity contribution is 0.174. The summed E-state index contributed by atoms with van der Waals surface area (Å²) in [6.45, 7) is 5.52. The Labute approximate surface area is 261 Å². The minimum atomic E-state index is -4.08. The highest BCUT2D eigenvalue weighted by molar-refractivity contribution is 7.92. The van der Waals surface area contributed by atoms with Crippen molar-refractivity contribution in [3.05, 3.63) is 64.2 Å². The average Bonchev–Trinajstić information content (AvgIpc) is 3.01. The van der Waals surface area contributed by atoms with E-state index >= 15 is 0 Å². The lowest BCUT2D eigenvalue weighted by atomic mass is 9.90. The number of nitrogens with zero attached hydrogens (tertiary/aromatic N) is 7. The van der Waals surface area contributed by atoms with Crippen molar-refractivity contribution in [1.82, 2.24) is 29.4 Å². The Morgan fingerprint density at radius 2 is 1.84 bits per heavy atom. The average molecular weight is 634 g/mol. The predicted octanol–water partition coefficient (Wildman–Crippen LogP) is 4.43. The molecule has 0 saturated heterocycles. The molecule has 5 rings (SSSR count). The number of aromatic nitrogens is 5. The van der Waals surface area contributed by atoms with Gasteiger partial charge in [-0.25, -0.2) is 27.8 Å². The van der Waals surface area contributed by atoms with Crippen molar-refractivity contribution in [2.75, 3.05) is 30.3 Å². The summed E-state index contributed by atoms with van der Waals surface area (Å²) in [5.74, 6) is 0.454. The number of sulfonamides is 1. The van der Waals surface area contributed by atoms with Crippen LogP contribution in [0.5, 0.6) is 0 Å². The second-order valence-corrected chi connectivity index (χ2v) is 13.1. The summed E-state index contributed by atoms with van der Waals surface area (Å²) >= 11 is 0. The van der Waals surface area contributed by atoms with Crippen LogP contribution in [0.25, 0.3) is 22.4 Å². The van der Waals surface area contributed by atoms with E-state index in [4.69, 9.17) is 4.98 Å². The zero-order valence-corrected chi connectivity index (χ0v) is 26.5. The Morgan fingerprint density at radius 1 is 1.11 bits per heavy atom. The van der Waals surface area contributed by atoms with Crippen LogP contribution in [-0.2, 0) is 10.0 Å². The van der Waals surface area contributed by atoms with Gasteiger partial charge in [0.15, 0.2) is 5.65 Å². The van der Waals surface area contributed by atoms with Crippen LogP contribution in [0, 0.1) is 18.3 Å². The summed E-state index contributed by atoms with van der Waals surface area (Å²) < 4.78 is 42.7. The van der Waals surface area contributed by atoms with E-state index in [0.29, 0.717) is 41.0 Å². The molecule has 0 unspecified atom stereocenters. The summed E-state index contributed by atoms with van der Waals surface area (Å²) in [7, 11) is -2.12. The Bertz CT molecular complexity index is 1920. The molecule has 1 saturated carbocycles. The van der Waals surface area contributed by atoms with Crippen LogP contribution in [0.3, 0.4) is 0 Å². The molecule has 14 heteroatoms. The second-order valence-electron chi connectivity index (χ2n) is 11.5. The molecule has 12 nitrogen and oxygen atoms in total. The fraction of sp³-hybridized carbons (Fsp3) is 0.419. The molecule has 0 radical (unpaired) electrons. The van der Waals surface area contributed by atoms with Crippen LogP contribution in [0.2, 0.25) is 0 Å². The van der Waals surface area contributed by atoms with Gasteiger partial charge in [-0.15, -0.1) is 0 Å². The monoisotopic (exact) mass is 633 g/mol. The van der Waals surface area contributed by atoms with Crippen molar-refractivity contribution < 1.29 is 12.8 Å². The van der Waals surface area contributed by atoms with Gasteiger partial charge in [0.1, 0.15) is 34.7 Å². The third kappa shape index (κ3) is 6.79. The van der Waals surface area contributed by atoms with Crippen LogP contribution in [-0.4, -0.2) is 70.2 Å². The van der Waals surface area contributed by atoms with Gasteiger partial charge >= 0.3 is 0 Å². The number of benzene rings is 1. The number of hydrogen-bond donors (Lipinski definition) is 2. The van der Waals surface area contributed by atoms with E-state index in [0.717, 1.165) is 25.7 Å². The molecule has 0 bridgehead atoms. The first kappa shape index (κ1) is 31.9. The van der Waals surface area contributed by atoms with Crippen molar-refractivity contribution in [2.24, 2.45) is 0 Å². The van der Waals surface area contributed by atoms with Gasteiger partial charge in [-0.3, -0.25) is 14.1 Å². The third-order valence-corrected chi connectivity index (χ3v) is 9.53. The standard InChI is InChI=1S/C31H36FN9O3S/c1-19(2)41-29-25(18-34-31(38-29)36-22-9-11-23(12-10-22)40(4)16-15-32)37-28(30(41)42)24-13-14-27(35-20(24)3)39-45(43,44)26-8-6-5-7-21(26)17-33/h5-8,13-14,18-19,22-23H,9-12,15-16H2,1-4H3,(H,35,39)(H,34,36,38). The van der Waals surface area contributed by atoms with E-state index in [1.54, 1.807) is 29.8 Å². The van der Waals surface area contributed by atoms with Crippen LogP contribution in [0.15, 0.2) is 52.3 Å². The summed E-state index contributed by atoms with van der Waals surface area (Å²) in [6.07, 6.45) is 5.29. The summed E-state index contributed by atoms with van der Waals surface area (Å²) in [5, 5.41) is 12.7. The minimum Gasteiger partial charge on any atom is -0.351 e. The molecule has 3 aromatic heterocycles. The molecule has 4 aromatic rings. The predicted molar refractivity (Wildman–Crippen MR) is 170 cm³/mol. The Morgan fingerprint density at radius 3 is 2.51 bits per heavy atom. The lowest BCUT2D eigenvalue weighted by Gasteiger charge is -2.34. The van der Waals surface area contributed by atoms with Crippen LogP contribution in [0.1, 0.15) is 56.8 Å². The van der Waals surface area contributed by atoms with Gasteiger partial charge in [0.25, 0.3) is 15.6 Å². The number of nitriles is 1.